The summed E-state index contributed by atoms with van der Waals surface area (Å²) in [4.78, 5) is 2.51. The van der Waals surface area contributed by atoms with Gasteiger partial charge in [-0.05, 0) is 59.0 Å². The molecule has 0 saturated carbocycles. The van der Waals surface area contributed by atoms with Crippen molar-refractivity contribution in [1.29, 1.82) is 0 Å². The van der Waals surface area contributed by atoms with Crippen molar-refractivity contribution in [3.63, 3.8) is 0 Å². The minimum absolute atomic E-state index is 0.126. The lowest BCUT2D eigenvalue weighted by Crippen LogP contribution is -2.35. The third-order valence-corrected chi connectivity index (χ3v) is 4.57. The number of nitrogens with zero attached hydrogens (tertiary/aromatic N) is 1. The SMILES string of the molecule is C[C@@H]1CCC[C@@H]2c3cc(F)c(Br)cc3CN12. The van der Waals surface area contributed by atoms with E-state index >= 15 is 0 Å². The lowest BCUT2D eigenvalue weighted by atomic mass is 9.94. The van der Waals surface area contributed by atoms with Crippen LogP contribution in [-0.2, 0) is 6.54 Å². The Bertz CT molecular complexity index is 432. The fourth-order valence-corrected chi connectivity index (χ4v) is 3.48. The average Bonchev–Trinajstić information content (AvgIpc) is 2.59. The number of halogens is 2. The highest BCUT2D eigenvalue weighted by atomic mass is 79.9. The van der Waals surface area contributed by atoms with Gasteiger partial charge < -0.3 is 0 Å². The quantitative estimate of drug-likeness (QED) is 0.695. The molecular formula is C13H15BrFN. The summed E-state index contributed by atoms with van der Waals surface area (Å²) >= 11 is 3.27. The van der Waals surface area contributed by atoms with Crippen LogP contribution in [0.2, 0.25) is 0 Å². The van der Waals surface area contributed by atoms with Crippen molar-refractivity contribution in [2.75, 3.05) is 0 Å². The Morgan fingerprint density at radius 1 is 1.38 bits per heavy atom. The number of rotatable bonds is 0. The predicted octanol–water partition coefficient (Wildman–Crippen LogP) is 4.02. The van der Waals surface area contributed by atoms with Gasteiger partial charge in [-0.25, -0.2) is 4.39 Å². The maximum atomic E-state index is 13.6. The van der Waals surface area contributed by atoms with E-state index in [0.29, 0.717) is 16.6 Å². The third kappa shape index (κ3) is 1.52. The maximum absolute atomic E-state index is 13.6. The van der Waals surface area contributed by atoms with Crippen molar-refractivity contribution < 1.29 is 4.39 Å². The van der Waals surface area contributed by atoms with Crippen LogP contribution >= 0.6 is 15.9 Å². The van der Waals surface area contributed by atoms with E-state index < -0.39 is 0 Å². The van der Waals surface area contributed by atoms with Crippen LogP contribution in [0.3, 0.4) is 0 Å². The summed E-state index contributed by atoms with van der Waals surface area (Å²) in [5.41, 5.74) is 2.51. The molecule has 86 valence electrons. The van der Waals surface area contributed by atoms with Gasteiger partial charge in [0, 0.05) is 18.6 Å². The van der Waals surface area contributed by atoms with Crippen molar-refractivity contribution >= 4 is 15.9 Å². The van der Waals surface area contributed by atoms with E-state index in [1.807, 2.05) is 6.07 Å². The first kappa shape index (κ1) is 10.7. The Hall–Kier alpha value is -0.410. The molecule has 0 bridgehead atoms. The zero-order chi connectivity index (χ0) is 11.3. The Kier molecular flexibility index (Phi) is 2.55. The highest BCUT2D eigenvalue weighted by Gasteiger charge is 2.36. The smallest absolute Gasteiger partial charge is 0.137 e. The highest BCUT2D eigenvalue weighted by Crippen LogP contribution is 2.43. The molecule has 1 aromatic carbocycles. The summed E-state index contributed by atoms with van der Waals surface area (Å²) < 4.78 is 14.2. The first-order chi connectivity index (χ1) is 7.66. The number of fused-ring (bicyclic) bond motifs is 3. The molecule has 1 saturated heterocycles. The largest absolute Gasteiger partial charge is 0.289 e. The van der Waals surface area contributed by atoms with E-state index in [0.717, 1.165) is 6.54 Å². The van der Waals surface area contributed by atoms with Crippen LogP contribution in [0.25, 0.3) is 0 Å². The number of piperidine rings is 1. The van der Waals surface area contributed by atoms with Crippen molar-refractivity contribution in [1.82, 2.24) is 4.90 Å². The van der Waals surface area contributed by atoms with Gasteiger partial charge in [0.05, 0.1) is 4.47 Å². The summed E-state index contributed by atoms with van der Waals surface area (Å²) in [5.74, 6) is -0.126. The molecule has 3 rings (SSSR count). The molecule has 1 nitrogen and oxygen atoms in total. The molecule has 16 heavy (non-hydrogen) atoms. The summed E-state index contributed by atoms with van der Waals surface area (Å²) in [7, 11) is 0. The Balaban J connectivity index is 2.04. The van der Waals surface area contributed by atoms with Gasteiger partial charge in [-0.1, -0.05) is 6.42 Å². The van der Waals surface area contributed by atoms with Gasteiger partial charge in [0.25, 0.3) is 0 Å². The molecule has 1 aromatic rings. The minimum atomic E-state index is -0.126. The average molecular weight is 284 g/mol. The molecule has 2 aliphatic rings. The second-order valence-corrected chi connectivity index (χ2v) is 5.79. The molecule has 0 unspecified atom stereocenters. The van der Waals surface area contributed by atoms with Gasteiger partial charge in [0.2, 0.25) is 0 Å². The summed E-state index contributed by atoms with van der Waals surface area (Å²) in [6.07, 6.45) is 3.71. The Morgan fingerprint density at radius 2 is 2.19 bits per heavy atom. The van der Waals surface area contributed by atoms with Crippen LogP contribution in [0, 0.1) is 5.82 Å². The first-order valence-electron chi connectivity index (χ1n) is 5.90. The van der Waals surface area contributed by atoms with Crippen LogP contribution in [0.4, 0.5) is 4.39 Å². The summed E-state index contributed by atoms with van der Waals surface area (Å²) in [5, 5.41) is 0. The third-order valence-electron chi connectivity index (χ3n) is 3.96. The molecule has 0 aromatic heterocycles. The molecule has 2 atom stereocenters. The van der Waals surface area contributed by atoms with Crippen LogP contribution in [-0.4, -0.2) is 10.9 Å². The summed E-state index contributed by atoms with van der Waals surface area (Å²) in [6.45, 7) is 3.27. The molecular weight excluding hydrogens is 269 g/mol. The van der Waals surface area contributed by atoms with Crippen LogP contribution in [0.5, 0.6) is 0 Å². The lowest BCUT2D eigenvalue weighted by Gasteiger charge is -2.35. The lowest BCUT2D eigenvalue weighted by molar-refractivity contribution is 0.105. The maximum Gasteiger partial charge on any atom is 0.137 e. The van der Waals surface area contributed by atoms with Gasteiger partial charge in [-0.15, -0.1) is 0 Å². The van der Waals surface area contributed by atoms with Crippen LogP contribution < -0.4 is 0 Å². The van der Waals surface area contributed by atoms with Crippen molar-refractivity contribution in [2.24, 2.45) is 0 Å². The van der Waals surface area contributed by atoms with Crippen LogP contribution in [0.1, 0.15) is 43.4 Å². The highest BCUT2D eigenvalue weighted by molar-refractivity contribution is 9.10. The normalized spacial score (nSPS) is 28.9. The van der Waals surface area contributed by atoms with Crippen molar-refractivity contribution in [3.05, 3.63) is 33.5 Å². The molecule has 2 heterocycles. The molecule has 0 spiro atoms. The molecule has 0 aliphatic carbocycles. The molecule has 3 heteroatoms. The van der Waals surface area contributed by atoms with E-state index in [1.54, 1.807) is 6.07 Å². The standard InChI is InChI=1S/C13H15BrFN/c1-8-3-2-4-13-10-6-12(15)11(14)5-9(10)7-16(8)13/h5-6,8,13H,2-4,7H2,1H3/t8-,13-/m1/s1. The van der Waals surface area contributed by atoms with E-state index in [2.05, 4.69) is 27.8 Å². The summed E-state index contributed by atoms with van der Waals surface area (Å²) in [6, 6.07) is 4.77. The van der Waals surface area contributed by atoms with Crippen LogP contribution in [0.15, 0.2) is 16.6 Å². The second kappa shape index (κ2) is 3.81. The monoisotopic (exact) mass is 283 g/mol. The fourth-order valence-electron chi connectivity index (χ4n) is 3.09. The van der Waals surface area contributed by atoms with E-state index in [4.69, 9.17) is 0 Å². The first-order valence-corrected chi connectivity index (χ1v) is 6.69. The number of hydrogen-bond donors (Lipinski definition) is 0. The van der Waals surface area contributed by atoms with E-state index in [9.17, 15) is 4.39 Å². The van der Waals surface area contributed by atoms with E-state index in [1.165, 1.54) is 30.4 Å². The van der Waals surface area contributed by atoms with Gasteiger partial charge in [-0.3, -0.25) is 4.90 Å². The number of hydrogen-bond acceptors (Lipinski definition) is 1. The minimum Gasteiger partial charge on any atom is -0.289 e. The zero-order valence-electron chi connectivity index (χ0n) is 9.34. The van der Waals surface area contributed by atoms with E-state index in [-0.39, 0.29) is 5.82 Å². The van der Waals surface area contributed by atoms with Crippen molar-refractivity contribution in [3.8, 4) is 0 Å². The zero-order valence-corrected chi connectivity index (χ0v) is 10.9. The molecule has 0 N–H and O–H groups in total. The Morgan fingerprint density at radius 3 is 3.00 bits per heavy atom. The molecule has 1 fully saturated rings. The van der Waals surface area contributed by atoms with Gasteiger partial charge in [-0.2, -0.15) is 0 Å². The van der Waals surface area contributed by atoms with Gasteiger partial charge in [0.1, 0.15) is 5.82 Å². The molecule has 2 aliphatic heterocycles. The van der Waals surface area contributed by atoms with Gasteiger partial charge in [0.15, 0.2) is 0 Å². The molecule has 0 amide bonds. The fraction of sp³-hybridized carbons (Fsp3) is 0.538. The molecule has 0 radical (unpaired) electrons. The number of benzene rings is 1. The Labute approximate surface area is 104 Å². The van der Waals surface area contributed by atoms with Crippen molar-refractivity contribution in [2.45, 2.75) is 44.8 Å². The predicted molar refractivity (Wildman–Crippen MR) is 65.7 cm³/mol. The topological polar surface area (TPSA) is 3.24 Å². The second-order valence-electron chi connectivity index (χ2n) is 4.93. The van der Waals surface area contributed by atoms with Gasteiger partial charge >= 0.3 is 0 Å².